The molecule has 0 saturated carbocycles. The first-order valence-corrected chi connectivity index (χ1v) is 5.54. The van der Waals surface area contributed by atoms with E-state index in [1.54, 1.807) is 0 Å². The van der Waals surface area contributed by atoms with E-state index >= 15 is 0 Å². The number of benzene rings is 1. The van der Waals surface area contributed by atoms with Gasteiger partial charge in [0, 0.05) is 6.04 Å². The van der Waals surface area contributed by atoms with Gasteiger partial charge in [-0.15, -0.1) is 0 Å². The van der Waals surface area contributed by atoms with E-state index in [1.165, 1.54) is 37.8 Å². The van der Waals surface area contributed by atoms with E-state index in [2.05, 4.69) is 42.1 Å². The van der Waals surface area contributed by atoms with Crippen LogP contribution in [0.2, 0.25) is 0 Å². The summed E-state index contributed by atoms with van der Waals surface area (Å²) < 4.78 is 0. The van der Waals surface area contributed by atoms with E-state index in [4.69, 9.17) is 0 Å². The lowest BCUT2D eigenvalue weighted by Gasteiger charge is -2.23. The summed E-state index contributed by atoms with van der Waals surface area (Å²) in [6.45, 7) is 1.17. The first-order chi connectivity index (χ1) is 6.95. The van der Waals surface area contributed by atoms with E-state index in [-0.39, 0.29) is 0 Å². The fraction of sp³-hybridized carbons (Fsp3) is 0.462. The van der Waals surface area contributed by atoms with Crippen LogP contribution in [0.15, 0.2) is 30.3 Å². The van der Waals surface area contributed by atoms with Crippen LogP contribution < -0.4 is 5.32 Å². The third-order valence-corrected chi connectivity index (χ3v) is 2.86. The van der Waals surface area contributed by atoms with Crippen LogP contribution >= 0.6 is 0 Å². The highest BCUT2D eigenvalue weighted by molar-refractivity contribution is 5.14. The summed E-state index contributed by atoms with van der Waals surface area (Å²) in [6, 6.07) is 11.5. The maximum Gasteiger partial charge on any atom is 0.00729 e. The molecule has 1 aliphatic rings. The number of rotatable bonds is 3. The van der Waals surface area contributed by atoms with Crippen molar-refractivity contribution in [1.82, 2.24) is 5.32 Å². The van der Waals surface area contributed by atoms with Gasteiger partial charge in [0.15, 0.2) is 0 Å². The molecular weight excluding hydrogens is 170 g/mol. The molecule has 0 amide bonds. The predicted molar refractivity (Wildman–Crippen MR) is 60.1 cm³/mol. The van der Waals surface area contributed by atoms with Crippen LogP contribution in [-0.4, -0.2) is 12.6 Å². The Hall–Kier alpha value is -0.820. The summed E-state index contributed by atoms with van der Waals surface area (Å²) >= 11 is 0. The zero-order valence-corrected chi connectivity index (χ0v) is 8.58. The molecule has 0 bridgehead atoms. The molecule has 1 unspecified atom stereocenters. The first kappa shape index (κ1) is 9.72. The molecule has 2 rings (SSSR count). The molecule has 0 aromatic heterocycles. The van der Waals surface area contributed by atoms with E-state index < -0.39 is 0 Å². The van der Waals surface area contributed by atoms with Gasteiger partial charge >= 0.3 is 0 Å². The van der Waals surface area contributed by atoms with Crippen molar-refractivity contribution in [2.24, 2.45) is 0 Å². The average molecular weight is 188 g/mol. The standard InChI is InChI=1S/C13H18N/c1-2-6-12(7-3-1)9-10-13-8-4-5-11-14-13/h1-4,6-7,13-14H,5,8-11H2. The van der Waals surface area contributed by atoms with Crippen LogP contribution in [0, 0.1) is 6.42 Å². The summed E-state index contributed by atoms with van der Waals surface area (Å²) in [5.74, 6) is 0. The molecule has 1 saturated heterocycles. The Balaban J connectivity index is 1.76. The van der Waals surface area contributed by atoms with Gasteiger partial charge < -0.3 is 5.32 Å². The first-order valence-electron chi connectivity index (χ1n) is 5.54. The minimum Gasteiger partial charge on any atom is -0.314 e. The van der Waals surface area contributed by atoms with E-state index in [1.807, 2.05) is 0 Å². The largest absolute Gasteiger partial charge is 0.314 e. The highest BCUT2D eigenvalue weighted by atomic mass is 14.9. The minimum atomic E-state index is 0.712. The van der Waals surface area contributed by atoms with E-state index in [9.17, 15) is 0 Å². The van der Waals surface area contributed by atoms with E-state index in [0.717, 1.165) is 0 Å². The second-order valence-electron chi connectivity index (χ2n) is 3.99. The number of hydrogen-bond donors (Lipinski definition) is 1. The molecule has 1 aromatic rings. The molecule has 1 radical (unpaired) electrons. The number of aryl methyl sites for hydroxylation is 1. The third-order valence-electron chi connectivity index (χ3n) is 2.86. The second-order valence-corrected chi connectivity index (χ2v) is 3.99. The molecule has 0 spiro atoms. The molecule has 1 aliphatic heterocycles. The van der Waals surface area contributed by atoms with Crippen molar-refractivity contribution in [3.8, 4) is 0 Å². The van der Waals surface area contributed by atoms with Crippen molar-refractivity contribution in [2.45, 2.75) is 31.7 Å². The summed E-state index contributed by atoms with van der Waals surface area (Å²) in [4.78, 5) is 0. The normalized spacial score (nSPS) is 22.1. The minimum absolute atomic E-state index is 0.712. The van der Waals surface area contributed by atoms with Crippen LogP contribution in [0.3, 0.4) is 0 Å². The van der Waals surface area contributed by atoms with Gasteiger partial charge in [0.1, 0.15) is 0 Å². The lowest BCUT2D eigenvalue weighted by molar-refractivity contribution is 0.434. The Labute approximate surface area is 86.5 Å². The fourth-order valence-corrected chi connectivity index (χ4v) is 2.00. The van der Waals surface area contributed by atoms with Gasteiger partial charge in [0.2, 0.25) is 0 Å². The van der Waals surface area contributed by atoms with Gasteiger partial charge in [-0.1, -0.05) is 30.3 Å². The predicted octanol–water partition coefficient (Wildman–Crippen LogP) is 2.58. The number of piperidine rings is 1. The maximum absolute atomic E-state index is 3.56. The lowest BCUT2D eigenvalue weighted by atomic mass is 9.98. The van der Waals surface area contributed by atoms with Crippen LogP contribution in [-0.2, 0) is 6.42 Å². The Bertz CT molecular complexity index is 249. The van der Waals surface area contributed by atoms with Crippen molar-refractivity contribution < 1.29 is 0 Å². The number of nitrogens with one attached hydrogen (secondary N) is 1. The van der Waals surface area contributed by atoms with Gasteiger partial charge in [0.25, 0.3) is 0 Å². The van der Waals surface area contributed by atoms with Gasteiger partial charge in [-0.25, -0.2) is 0 Å². The van der Waals surface area contributed by atoms with Crippen LogP contribution in [0.5, 0.6) is 0 Å². The molecule has 1 heteroatoms. The SMILES string of the molecule is [CH]1CCNC(CCc2ccccc2)C1. The molecule has 1 atom stereocenters. The van der Waals surface area contributed by atoms with Crippen LogP contribution in [0.4, 0.5) is 0 Å². The zero-order valence-electron chi connectivity index (χ0n) is 8.58. The maximum atomic E-state index is 3.56. The molecule has 1 fully saturated rings. The lowest BCUT2D eigenvalue weighted by Crippen LogP contribution is -2.34. The van der Waals surface area contributed by atoms with Crippen molar-refractivity contribution in [1.29, 1.82) is 0 Å². The summed E-state index contributed by atoms with van der Waals surface area (Å²) in [6.07, 6.45) is 7.35. The topological polar surface area (TPSA) is 12.0 Å². The van der Waals surface area contributed by atoms with Crippen molar-refractivity contribution in [2.75, 3.05) is 6.54 Å². The highest BCUT2D eigenvalue weighted by Gasteiger charge is 2.11. The van der Waals surface area contributed by atoms with Gasteiger partial charge in [0.05, 0.1) is 0 Å². The van der Waals surface area contributed by atoms with Crippen molar-refractivity contribution >= 4 is 0 Å². The average Bonchev–Trinajstić information content (AvgIpc) is 2.29. The second kappa shape index (κ2) is 5.16. The van der Waals surface area contributed by atoms with Gasteiger partial charge in [-0.3, -0.25) is 0 Å². The van der Waals surface area contributed by atoms with Crippen LogP contribution in [0.1, 0.15) is 24.8 Å². The van der Waals surface area contributed by atoms with Gasteiger partial charge in [-0.2, -0.15) is 0 Å². The Morgan fingerprint density at radius 3 is 2.79 bits per heavy atom. The molecule has 1 N–H and O–H groups in total. The molecule has 0 aliphatic carbocycles. The molecular formula is C13H18N. The fourth-order valence-electron chi connectivity index (χ4n) is 2.00. The zero-order chi connectivity index (χ0) is 9.64. The quantitative estimate of drug-likeness (QED) is 0.768. The monoisotopic (exact) mass is 188 g/mol. The summed E-state index contributed by atoms with van der Waals surface area (Å²) in [7, 11) is 0. The molecule has 75 valence electrons. The highest BCUT2D eigenvalue weighted by Crippen LogP contribution is 2.12. The van der Waals surface area contributed by atoms with Crippen LogP contribution in [0.25, 0.3) is 0 Å². The Morgan fingerprint density at radius 1 is 1.21 bits per heavy atom. The Morgan fingerprint density at radius 2 is 2.07 bits per heavy atom. The molecule has 1 heterocycles. The Kier molecular flexibility index (Phi) is 3.58. The van der Waals surface area contributed by atoms with Gasteiger partial charge in [-0.05, 0) is 44.2 Å². The smallest absolute Gasteiger partial charge is 0.00729 e. The van der Waals surface area contributed by atoms with Crippen molar-refractivity contribution in [3.63, 3.8) is 0 Å². The number of hydrogen-bond acceptors (Lipinski definition) is 1. The van der Waals surface area contributed by atoms with E-state index in [0.29, 0.717) is 6.04 Å². The summed E-state index contributed by atoms with van der Waals surface area (Å²) in [5, 5.41) is 3.56. The van der Waals surface area contributed by atoms with Crippen molar-refractivity contribution in [3.05, 3.63) is 42.3 Å². The molecule has 1 aromatic carbocycles. The summed E-state index contributed by atoms with van der Waals surface area (Å²) in [5.41, 5.74) is 1.46. The molecule has 14 heavy (non-hydrogen) atoms. The third kappa shape index (κ3) is 2.85. The molecule has 1 nitrogen and oxygen atoms in total.